The molecule has 2 saturated heterocycles. The Morgan fingerprint density at radius 1 is 0.484 bits per heavy atom. The normalized spacial score (nSPS) is 25.4. The van der Waals surface area contributed by atoms with Gasteiger partial charge in [-0.05, 0) is 12.8 Å². The minimum atomic E-state index is -0.333. The van der Waals surface area contributed by atoms with E-state index in [1.54, 1.807) is 0 Å². The zero-order chi connectivity index (χ0) is 22.1. The van der Waals surface area contributed by atoms with Crippen LogP contribution in [0.2, 0.25) is 0 Å². The van der Waals surface area contributed by atoms with Gasteiger partial charge in [0.1, 0.15) is 0 Å². The van der Waals surface area contributed by atoms with Crippen LogP contribution in [-0.4, -0.2) is 24.8 Å². The van der Waals surface area contributed by atoms with Crippen LogP contribution in [0.1, 0.15) is 155 Å². The topological polar surface area (TPSA) is 27.7 Å². The fourth-order valence-electron chi connectivity index (χ4n) is 5.07. The molecule has 0 aromatic rings. The quantitative estimate of drug-likeness (QED) is 0.158. The van der Waals surface area contributed by atoms with Gasteiger partial charge in [0.25, 0.3) is 0 Å². The van der Waals surface area contributed by atoms with Crippen molar-refractivity contribution >= 4 is 0 Å². The van der Waals surface area contributed by atoms with E-state index in [1.165, 1.54) is 116 Å². The summed E-state index contributed by atoms with van der Waals surface area (Å²) in [6.07, 6.45) is 28.8. The van der Waals surface area contributed by atoms with E-state index in [4.69, 9.17) is 14.2 Å². The second-order valence-electron chi connectivity index (χ2n) is 10.3. The van der Waals surface area contributed by atoms with E-state index in [2.05, 4.69) is 13.8 Å². The molecule has 31 heavy (non-hydrogen) atoms. The standard InChI is InChI=1S/C28H54O3/c1-3-5-7-9-11-13-15-17-19-21-27(23-25-29-27)31-28(24-26-30-28)22-20-18-16-14-12-10-8-6-4-2/h3-26H2,1-2H3. The Balaban J connectivity index is 1.53. The third-order valence-electron chi connectivity index (χ3n) is 7.39. The molecule has 3 nitrogen and oxygen atoms in total. The second kappa shape index (κ2) is 16.5. The molecule has 0 N–H and O–H groups in total. The average Bonchev–Trinajstić information content (AvgIpc) is 2.72. The van der Waals surface area contributed by atoms with E-state index in [9.17, 15) is 0 Å². The van der Waals surface area contributed by atoms with Crippen molar-refractivity contribution in [3.8, 4) is 0 Å². The molecular weight excluding hydrogens is 384 g/mol. The number of hydrogen-bond acceptors (Lipinski definition) is 3. The first kappa shape index (κ1) is 27.1. The molecule has 2 aliphatic heterocycles. The average molecular weight is 439 g/mol. The van der Waals surface area contributed by atoms with Crippen LogP contribution in [0, 0.1) is 0 Å². The molecule has 0 spiro atoms. The number of rotatable bonds is 22. The van der Waals surface area contributed by atoms with E-state index < -0.39 is 0 Å². The third kappa shape index (κ3) is 11.0. The van der Waals surface area contributed by atoms with Crippen LogP contribution in [-0.2, 0) is 14.2 Å². The summed E-state index contributed by atoms with van der Waals surface area (Å²) in [7, 11) is 0. The summed E-state index contributed by atoms with van der Waals surface area (Å²) in [6.45, 7) is 6.28. The van der Waals surface area contributed by atoms with Crippen LogP contribution in [0.15, 0.2) is 0 Å². The minimum absolute atomic E-state index is 0.333. The van der Waals surface area contributed by atoms with Crippen LogP contribution in [0.25, 0.3) is 0 Å². The highest BCUT2D eigenvalue weighted by atomic mass is 16.8. The van der Waals surface area contributed by atoms with Crippen molar-refractivity contribution in [2.45, 2.75) is 167 Å². The van der Waals surface area contributed by atoms with Crippen LogP contribution < -0.4 is 0 Å². The molecule has 0 bridgehead atoms. The maximum Gasteiger partial charge on any atom is 0.173 e. The predicted octanol–water partition coefficient (Wildman–Crippen LogP) is 9.08. The lowest BCUT2D eigenvalue weighted by atomic mass is 9.95. The van der Waals surface area contributed by atoms with Gasteiger partial charge in [-0.1, -0.05) is 117 Å². The van der Waals surface area contributed by atoms with Crippen LogP contribution in [0.4, 0.5) is 0 Å². The Morgan fingerprint density at radius 3 is 1.03 bits per heavy atom. The van der Waals surface area contributed by atoms with Gasteiger partial charge >= 0.3 is 0 Å². The molecule has 2 heterocycles. The van der Waals surface area contributed by atoms with E-state index in [0.29, 0.717) is 0 Å². The number of ether oxygens (including phenoxy) is 3. The summed E-state index contributed by atoms with van der Waals surface area (Å²) < 4.78 is 18.6. The largest absolute Gasteiger partial charge is 0.349 e. The van der Waals surface area contributed by atoms with Gasteiger partial charge in [-0.3, -0.25) is 0 Å². The van der Waals surface area contributed by atoms with Gasteiger partial charge < -0.3 is 14.2 Å². The van der Waals surface area contributed by atoms with E-state index in [0.717, 1.165) is 38.9 Å². The first-order valence-electron chi connectivity index (χ1n) is 14.2. The second-order valence-corrected chi connectivity index (χ2v) is 10.3. The van der Waals surface area contributed by atoms with Gasteiger partial charge in [0.15, 0.2) is 11.6 Å². The Kier molecular flexibility index (Phi) is 14.4. The molecule has 2 unspecified atom stereocenters. The van der Waals surface area contributed by atoms with Crippen molar-refractivity contribution in [1.82, 2.24) is 0 Å². The Bertz CT molecular complexity index is 376. The highest BCUT2D eigenvalue weighted by molar-refractivity contribution is 4.86. The van der Waals surface area contributed by atoms with Crippen molar-refractivity contribution in [2.24, 2.45) is 0 Å². The Labute approximate surface area is 194 Å². The van der Waals surface area contributed by atoms with Crippen molar-refractivity contribution in [2.75, 3.05) is 13.2 Å². The molecule has 3 heteroatoms. The smallest absolute Gasteiger partial charge is 0.173 e. The molecule has 0 aromatic carbocycles. The summed E-state index contributed by atoms with van der Waals surface area (Å²) in [5.74, 6) is -0.665. The van der Waals surface area contributed by atoms with Crippen LogP contribution in [0.5, 0.6) is 0 Å². The molecule has 0 aromatic heterocycles. The first-order chi connectivity index (χ1) is 15.2. The molecule has 184 valence electrons. The lowest BCUT2D eigenvalue weighted by molar-refractivity contribution is -0.432. The molecule has 0 saturated carbocycles. The van der Waals surface area contributed by atoms with Crippen LogP contribution in [0.3, 0.4) is 0 Å². The summed E-state index contributed by atoms with van der Waals surface area (Å²) in [5.41, 5.74) is 0. The summed E-state index contributed by atoms with van der Waals surface area (Å²) in [5, 5.41) is 0. The summed E-state index contributed by atoms with van der Waals surface area (Å²) in [6, 6.07) is 0. The fraction of sp³-hybridized carbons (Fsp3) is 1.00. The molecule has 0 amide bonds. The van der Waals surface area contributed by atoms with E-state index in [1.807, 2.05) is 0 Å². The third-order valence-corrected chi connectivity index (χ3v) is 7.39. The zero-order valence-corrected chi connectivity index (χ0v) is 21.2. The van der Waals surface area contributed by atoms with Gasteiger partial charge in [-0.2, -0.15) is 0 Å². The minimum Gasteiger partial charge on any atom is -0.349 e. The predicted molar refractivity (Wildman–Crippen MR) is 131 cm³/mol. The first-order valence-corrected chi connectivity index (χ1v) is 14.2. The maximum absolute atomic E-state index is 6.60. The maximum atomic E-state index is 6.60. The molecule has 2 rings (SSSR count). The molecule has 2 fully saturated rings. The number of unbranched alkanes of at least 4 members (excludes halogenated alkanes) is 16. The molecule has 0 radical (unpaired) electrons. The number of hydrogen-bond donors (Lipinski definition) is 0. The van der Waals surface area contributed by atoms with Crippen molar-refractivity contribution in [3.63, 3.8) is 0 Å². The van der Waals surface area contributed by atoms with Crippen molar-refractivity contribution in [3.05, 3.63) is 0 Å². The Morgan fingerprint density at radius 2 is 0.774 bits per heavy atom. The van der Waals surface area contributed by atoms with Gasteiger partial charge in [0.05, 0.1) is 13.2 Å². The van der Waals surface area contributed by atoms with E-state index in [-0.39, 0.29) is 11.6 Å². The molecule has 2 aliphatic rings. The lowest BCUT2D eigenvalue weighted by Gasteiger charge is -2.51. The highest BCUT2D eigenvalue weighted by Crippen LogP contribution is 2.44. The van der Waals surface area contributed by atoms with Gasteiger partial charge in [0.2, 0.25) is 0 Å². The van der Waals surface area contributed by atoms with Crippen molar-refractivity contribution in [1.29, 1.82) is 0 Å². The van der Waals surface area contributed by atoms with Gasteiger partial charge in [0, 0.05) is 25.7 Å². The highest BCUT2D eigenvalue weighted by Gasteiger charge is 2.50. The van der Waals surface area contributed by atoms with Crippen molar-refractivity contribution < 1.29 is 14.2 Å². The lowest BCUT2D eigenvalue weighted by Crippen LogP contribution is -2.57. The zero-order valence-electron chi connectivity index (χ0n) is 21.2. The Hall–Kier alpha value is -0.120. The van der Waals surface area contributed by atoms with Gasteiger partial charge in [-0.25, -0.2) is 0 Å². The SMILES string of the molecule is CCCCCCCCCCCC1(OC2(CCCCCCCCCCC)CCO2)CCO1. The monoisotopic (exact) mass is 438 g/mol. The summed E-state index contributed by atoms with van der Waals surface area (Å²) in [4.78, 5) is 0. The molecule has 2 atom stereocenters. The van der Waals surface area contributed by atoms with Crippen LogP contribution >= 0.6 is 0 Å². The summed E-state index contributed by atoms with van der Waals surface area (Å²) >= 11 is 0. The van der Waals surface area contributed by atoms with Gasteiger partial charge in [-0.15, -0.1) is 0 Å². The van der Waals surface area contributed by atoms with E-state index >= 15 is 0 Å². The molecular formula is C28H54O3. The fourth-order valence-corrected chi connectivity index (χ4v) is 5.07. The molecule has 0 aliphatic carbocycles.